The van der Waals surface area contributed by atoms with Crippen LogP contribution in [0.2, 0.25) is 0 Å². The van der Waals surface area contributed by atoms with Gasteiger partial charge in [0.25, 0.3) is 0 Å². The van der Waals surface area contributed by atoms with E-state index in [2.05, 4.69) is 143 Å². The first-order chi connectivity index (χ1) is 23.1. The highest BCUT2D eigenvalue weighted by Crippen LogP contribution is 2.39. The van der Waals surface area contributed by atoms with E-state index in [1.165, 1.54) is 33.7 Å². The lowest BCUT2D eigenvalue weighted by atomic mass is 10.1. The second-order valence-electron chi connectivity index (χ2n) is 12.1. The number of fused-ring (bicyclic) bond motifs is 9. The molecular formula is C42H25F2N3. The number of nitrogens with zero attached hydrogens (tertiary/aromatic N) is 3. The van der Waals surface area contributed by atoms with E-state index >= 15 is 0 Å². The van der Waals surface area contributed by atoms with Crippen molar-refractivity contribution in [3.8, 4) is 17.1 Å². The first-order valence-electron chi connectivity index (χ1n) is 15.7. The van der Waals surface area contributed by atoms with Crippen LogP contribution in [0, 0.1) is 11.6 Å². The quantitative estimate of drug-likeness (QED) is 0.189. The normalized spacial score (nSPS) is 12.0. The second-order valence-corrected chi connectivity index (χ2v) is 12.1. The van der Waals surface area contributed by atoms with Crippen molar-refractivity contribution in [3.05, 3.63) is 163 Å². The van der Waals surface area contributed by atoms with Crippen LogP contribution in [0.4, 0.5) is 8.78 Å². The summed E-state index contributed by atoms with van der Waals surface area (Å²) >= 11 is 0. The lowest BCUT2D eigenvalue weighted by molar-refractivity contribution is 0.582. The molecule has 0 unspecified atom stereocenters. The van der Waals surface area contributed by atoms with Crippen LogP contribution in [0.5, 0.6) is 0 Å². The van der Waals surface area contributed by atoms with Crippen LogP contribution in [0.1, 0.15) is 0 Å². The molecule has 3 aromatic heterocycles. The highest BCUT2D eigenvalue weighted by molar-refractivity contribution is 6.14. The first kappa shape index (κ1) is 26.1. The molecule has 3 nitrogen and oxygen atoms in total. The minimum Gasteiger partial charge on any atom is -0.309 e. The molecule has 0 aliphatic carbocycles. The van der Waals surface area contributed by atoms with Crippen LogP contribution in [0.3, 0.4) is 0 Å². The third kappa shape index (κ3) is 3.71. The summed E-state index contributed by atoms with van der Waals surface area (Å²) in [5.74, 6) is -1.22. The van der Waals surface area contributed by atoms with E-state index in [0.29, 0.717) is 5.69 Å². The Labute approximate surface area is 267 Å². The van der Waals surface area contributed by atoms with Gasteiger partial charge in [-0.1, -0.05) is 72.8 Å². The zero-order chi connectivity index (χ0) is 31.2. The maximum Gasteiger partial charge on any atom is 0.128 e. The Morgan fingerprint density at radius 2 is 0.596 bits per heavy atom. The van der Waals surface area contributed by atoms with E-state index < -0.39 is 11.6 Å². The predicted molar refractivity (Wildman–Crippen MR) is 189 cm³/mol. The SMILES string of the molecule is Fc1cc(F)cc(-n2c3ccc(-n4c5ccccc5c5ccccc54)cc3c3cc(-n4c5ccccc5c5ccccc54)ccc32)c1. The Hall–Kier alpha value is -6.20. The Kier molecular flexibility index (Phi) is 5.35. The minimum atomic E-state index is -0.612. The van der Waals surface area contributed by atoms with Crippen molar-refractivity contribution in [3.63, 3.8) is 0 Å². The van der Waals surface area contributed by atoms with Gasteiger partial charge in [0, 0.05) is 49.8 Å². The second kappa shape index (κ2) is 9.65. The van der Waals surface area contributed by atoms with Gasteiger partial charge in [0.1, 0.15) is 11.6 Å². The van der Waals surface area contributed by atoms with E-state index in [0.717, 1.165) is 61.3 Å². The van der Waals surface area contributed by atoms with Crippen molar-refractivity contribution in [1.29, 1.82) is 0 Å². The number of halogens is 2. The summed E-state index contributed by atoms with van der Waals surface area (Å²) in [7, 11) is 0. The molecule has 10 rings (SSSR count). The van der Waals surface area contributed by atoms with Crippen molar-refractivity contribution in [1.82, 2.24) is 13.7 Å². The van der Waals surface area contributed by atoms with Crippen molar-refractivity contribution in [2.24, 2.45) is 0 Å². The molecule has 222 valence electrons. The molecule has 0 fully saturated rings. The molecule has 10 aromatic rings. The Morgan fingerprint density at radius 1 is 0.277 bits per heavy atom. The number of aromatic nitrogens is 3. The lowest BCUT2D eigenvalue weighted by Gasteiger charge is -2.11. The fourth-order valence-corrected chi connectivity index (χ4v) is 7.63. The van der Waals surface area contributed by atoms with Gasteiger partial charge in [-0.25, -0.2) is 8.78 Å². The molecule has 0 aliphatic heterocycles. The van der Waals surface area contributed by atoms with E-state index in [1.54, 1.807) is 0 Å². The third-order valence-electron chi connectivity index (χ3n) is 9.51. The van der Waals surface area contributed by atoms with E-state index in [9.17, 15) is 8.78 Å². The predicted octanol–water partition coefficient (Wildman–Crippen LogP) is 11.3. The van der Waals surface area contributed by atoms with Crippen molar-refractivity contribution in [2.45, 2.75) is 0 Å². The summed E-state index contributed by atoms with van der Waals surface area (Å²) in [6.07, 6.45) is 0. The monoisotopic (exact) mass is 609 g/mol. The molecule has 0 radical (unpaired) electrons. The molecule has 0 spiro atoms. The number of benzene rings is 7. The maximum absolute atomic E-state index is 14.7. The molecule has 47 heavy (non-hydrogen) atoms. The van der Waals surface area contributed by atoms with E-state index in [-0.39, 0.29) is 0 Å². The van der Waals surface area contributed by atoms with Crippen LogP contribution < -0.4 is 0 Å². The van der Waals surface area contributed by atoms with Crippen LogP contribution >= 0.6 is 0 Å². The van der Waals surface area contributed by atoms with Gasteiger partial charge in [-0.15, -0.1) is 0 Å². The summed E-state index contributed by atoms with van der Waals surface area (Å²) in [5.41, 5.74) is 8.69. The van der Waals surface area contributed by atoms with Crippen LogP contribution in [0.15, 0.2) is 152 Å². The van der Waals surface area contributed by atoms with Gasteiger partial charge >= 0.3 is 0 Å². The average molecular weight is 610 g/mol. The summed E-state index contributed by atoms with van der Waals surface area (Å²) in [4.78, 5) is 0. The molecular weight excluding hydrogens is 584 g/mol. The number of hydrogen-bond donors (Lipinski definition) is 0. The minimum absolute atomic E-state index is 0.441. The first-order valence-corrected chi connectivity index (χ1v) is 15.7. The summed E-state index contributed by atoms with van der Waals surface area (Å²) in [6.45, 7) is 0. The molecule has 7 aromatic carbocycles. The van der Waals surface area contributed by atoms with E-state index in [4.69, 9.17) is 0 Å². The van der Waals surface area contributed by atoms with Crippen molar-refractivity contribution in [2.75, 3.05) is 0 Å². The highest BCUT2D eigenvalue weighted by atomic mass is 19.1. The van der Waals surface area contributed by atoms with Gasteiger partial charge in [0.05, 0.1) is 38.8 Å². The van der Waals surface area contributed by atoms with Crippen molar-refractivity contribution >= 4 is 65.4 Å². The molecule has 0 saturated heterocycles. The molecule has 3 heterocycles. The van der Waals surface area contributed by atoms with Gasteiger partial charge in [-0.2, -0.15) is 0 Å². The number of para-hydroxylation sites is 4. The molecule has 0 N–H and O–H groups in total. The molecule has 5 heteroatoms. The molecule has 0 atom stereocenters. The van der Waals surface area contributed by atoms with Crippen LogP contribution in [-0.4, -0.2) is 13.7 Å². The van der Waals surface area contributed by atoms with Gasteiger partial charge in [-0.3, -0.25) is 0 Å². The standard InChI is InChI=1S/C42H25F2N3/c43-26-21-27(44)23-30(22-26)47-41-19-17-28(45-37-13-5-1-9-31(37)32-10-2-6-14-38(32)45)24-35(41)36-25-29(18-20-42(36)47)46-39-15-7-3-11-33(39)34-12-4-8-16-40(34)46/h1-25H. The molecule has 0 saturated carbocycles. The van der Waals surface area contributed by atoms with Gasteiger partial charge in [0.2, 0.25) is 0 Å². The summed E-state index contributed by atoms with van der Waals surface area (Å²) in [6, 6.07) is 50.3. The Bertz CT molecular complexity index is 2590. The maximum atomic E-state index is 14.7. The van der Waals surface area contributed by atoms with Gasteiger partial charge in [-0.05, 0) is 72.8 Å². The van der Waals surface area contributed by atoms with Crippen LogP contribution in [-0.2, 0) is 0 Å². The van der Waals surface area contributed by atoms with E-state index in [1.807, 2.05) is 4.57 Å². The summed E-state index contributed by atoms with van der Waals surface area (Å²) < 4.78 is 35.9. The van der Waals surface area contributed by atoms with Crippen LogP contribution in [0.25, 0.3) is 82.5 Å². The molecule has 0 aliphatic rings. The fourth-order valence-electron chi connectivity index (χ4n) is 7.63. The molecule has 0 bridgehead atoms. The fraction of sp³-hybridized carbons (Fsp3) is 0. The average Bonchev–Trinajstić information content (AvgIpc) is 3.73. The van der Waals surface area contributed by atoms with Gasteiger partial charge in [0.15, 0.2) is 0 Å². The third-order valence-corrected chi connectivity index (χ3v) is 9.51. The molecule has 0 amide bonds. The zero-order valence-electron chi connectivity index (χ0n) is 25.0. The van der Waals surface area contributed by atoms with Crippen molar-refractivity contribution < 1.29 is 8.78 Å². The smallest absolute Gasteiger partial charge is 0.128 e. The summed E-state index contributed by atoms with van der Waals surface area (Å²) in [5, 5.41) is 6.74. The largest absolute Gasteiger partial charge is 0.309 e. The lowest BCUT2D eigenvalue weighted by Crippen LogP contribution is -1.97. The number of hydrogen-bond acceptors (Lipinski definition) is 0. The highest BCUT2D eigenvalue weighted by Gasteiger charge is 2.19. The Morgan fingerprint density at radius 3 is 0.979 bits per heavy atom. The zero-order valence-corrected chi connectivity index (χ0v) is 25.0. The van der Waals surface area contributed by atoms with Gasteiger partial charge < -0.3 is 13.7 Å². The Balaban J connectivity index is 1.31. The topological polar surface area (TPSA) is 14.8 Å². The number of rotatable bonds is 3.